The van der Waals surface area contributed by atoms with Gasteiger partial charge in [0, 0.05) is 0 Å². The number of nitrogens with zero attached hydrogens (tertiary/aromatic N) is 3. The van der Waals surface area contributed by atoms with Crippen molar-refractivity contribution >= 4 is 23.1 Å². The summed E-state index contributed by atoms with van der Waals surface area (Å²) in [5, 5.41) is 2.54. The average molecular weight is 255 g/mol. The summed E-state index contributed by atoms with van der Waals surface area (Å²) >= 11 is 0. The number of para-hydroxylation sites is 1. The molecule has 2 heterocycles. The summed E-state index contributed by atoms with van der Waals surface area (Å²) in [6, 6.07) is 8.76. The first-order chi connectivity index (χ1) is 9.33. The Hall–Kier alpha value is -2.96. The van der Waals surface area contributed by atoms with E-state index in [4.69, 9.17) is 4.74 Å². The third kappa shape index (κ3) is 2.34. The van der Waals surface area contributed by atoms with Crippen molar-refractivity contribution in [2.24, 2.45) is 0 Å². The molecule has 0 aliphatic heterocycles. The molecule has 0 aliphatic rings. The number of hydrogen-bond acceptors (Lipinski definition) is 5. The van der Waals surface area contributed by atoms with Crippen LogP contribution in [0.1, 0.15) is 0 Å². The Labute approximate surface area is 107 Å². The van der Waals surface area contributed by atoms with Gasteiger partial charge in [-0.1, -0.05) is 18.2 Å². The number of rotatable bonds is 2. The second kappa shape index (κ2) is 4.73. The average Bonchev–Trinajstić information content (AvgIpc) is 2.89. The van der Waals surface area contributed by atoms with Crippen LogP contribution in [0.3, 0.4) is 0 Å². The Balaban J connectivity index is 1.78. The van der Waals surface area contributed by atoms with E-state index in [2.05, 4.69) is 25.3 Å². The van der Waals surface area contributed by atoms with Gasteiger partial charge in [-0.15, -0.1) is 0 Å². The Kier molecular flexibility index (Phi) is 2.77. The topological polar surface area (TPSA) is 92.8 Å². The highest BCUT2D eigenvalue weighted by molar-refractivity contribution is 5.93. The molecule has 2 N–H and O–H groups in total. The smallest absolute Gasteiger partial charge is 0.410 e. The molecule has 0 radical (unpaired) electrons. The predicted molar refractivity (Wildman–Crippen MR) is 67.8 cm³/mol. The Morgan fingerprint density at radius 3 is 2.84 bits per heavy atom. The summed E-state index contributed by atoms with van der Waals surface area (Å²) in [5.41, 5.74) is 1.03. The van der Waals surface area contributed by atoms with Gasteiger partial charge in [0.1, 0.15) is 17.6 Å². The third-order valence-corrected chi connectivity index (χ3v) is 2.40. The molecule has 0 saturated carbocycles. The lowest BCUT2D eigenvalue weighted by molar-refractivity contribution is 0.215. The van der Waals surface area contributed by atoms with Gasteiger partial charge in [0.05, 0.1) is 6.33 Å². The third-order valence-electron chi connectivity index (χ3n) is 2.40. The summed E-state index contributed by atoms with van der Waals surface area (Å²) in [5.74, 6) is 0.776. The number of benzene rings is 1. The van der Waals surface area contributed by atoms with Crippen molar-refractivity contribution in [1.29, 1.82) is 0 Å². The van der Waals surface area contributed by atoms with E-state index in [-0.39, 0.29) is 0 Å². The van der Waals surface area contributed by atoms with Crippen molar-refractivity contribution in [2.75, 3.05) is 5.32 Å². The van der Waals surface area contributed by atoms with E-state index < -0.39 is 6.09 Å². The van der Waals surface area contributed by atoms with E-state index in [1.807, 2.05) is 6.07 Å². The van der Waals surface area contributed by atoms with Gasteiger partial charge in [0.2, 0.25) is 0 Å². The van der Waals surface area contributed by atoms with Gasteiger partial charge >= 0.3 is 6.09 Å². The van der Waals surface area contributed by atoms with Crippen molar-refractivity contribution in [3.63, 3.8) is 0 Å². The number of imidazole rings is 1. The first-order valence-electron chi connectivity index (χ1n) is 5.51. The van der Waals surface area contributed by atoms with Crippen LogP contribution < -0.4 is 10.1 Å². The lowest BCUT2D eigenvalue weighted by Crippen LogP contribution is -2.17. The maximum atomic E-state index is 11.7. The van der Waals surface area contributed by atoms with E-state index >= 15 is 0 Å². The van der Waals surface area contributed by atoms with E-state index in [0.29, 0.717) is 22.7 Å². The molecule has 0 spiro atoms. The minimum Gasteiger partial charge on any atom is -0.410 e. The number of anilines is 1. The highest BCUT2D eigenvalue weighted by atomic mass is 16.6. The number of carbonyl (C=O) groups is 1. The fourth-order valence-electron chi connectivity index (χ4n) is 1.58. The van der Waals surface area contributed by atoms with Crippen LogP contribution in [0, 0.1) is 0 Å². The van der Waals surface area contributed by atoms with Gasteiger partial charge < -0.3 is 9.72 Å². The quantitative estimate of drug-likeness (QED) is 0.730. The summed E-state index contributed by atoms with van der Waals surface area (Å²) in [4.78, 5) is 26.5. The molecule has 7 heteroatoms. The van der Waals surface area contributed by atoms with Crippen LogP contribution in [0.25, 0.3) is 11.2 Å². The normalized spacial score (nSPS) is 10.3. The second-order valence-electron chi connectivity index (χ2n) is 3.65. The Morgan fingerprint density at radius 2 is 2.00 bits per heavy atom. The number of nitrogens with one attached hydrogen (secondary N) is 2. The standard InChI is InChI=1S/C12H9N5O2/c18-12(19-8-4-2-1-3-5-8)17-11-9-10(14-6-13-9)15-7-16-11/h1-7H,(H2,13,14,15,16,17,18). The molecule has 7 nitrogen and oxygen atoms in total. The number of aromatic amines is 1. The van der Waals surface area contributed by atoms with Gasteiger partial charge in [-0.2, -0.15) is 0 Å². The Morgan fingerprint density at radius 1 is 1.16 bits per heavy atom. The van der Waals surface area contributed by atoms with Crippen molar-refractivity contribution < 1.29 is 9.53 Å². The SMILES string of the molecule is O=C(Nc1ncnc2nc[nH]c12)Oc1ccccc1. The summed E-state index contributed by atoms with van der Waals surface area (Å²) in [6.45, 7) is 0. The molecule has 3 rings (SSSR count). The van der Waals surface area contributed by atoms with Crippen molar-refractivity contribution in [2.45, 2.75) is 0 Å². The van der Waals surface area contributed by atoms with Crippen molar-refractivity contribution in [3.8, 4) is 5.75 Å². The van der Waals surface area contributed by atoms with Crippen LogP contribution in [0.4, 0.5) is 10.6 Å². The molecule has 2 aromatic heterocycles. The summed E-state index contributed by atoms with van der Waals surface area (Å²) < 4.78 is 5.10. The largest absolute Gasteiger partial charge is 0.418 e. The molecule has 3 aromatic rings. The van der Waals surface area contributed by atoms with Crippen LogP contribution in [-0.2, 0) is 0 Å². The lowest BCUT2D eigenvalue weighted by atomic mass is 10.3. The van der Waals surface area contributed by atoms with E-state index in [1.165, 1.54) is 12.7 Å². The number of hydrogen-bond donors (Lipinski definition) is 2. The van der Waals surface area contributed by atoms with Gasteiger partial charge in [-0.25, -0.2) is 19.7 Å². The molecule has 0 unspecified atom stereocenters. The van der Waals surface area contributed by atoms with Gasteiger partial charge in [0.15, 0.2) is 11.5 Å². The molecule has 0 fully saturated rings. The maximum absolute atomic E-state index is 11.7. The molecule has 0 atom stereocenters. The second-order valence-corrected chi connectivity index (χ2v) is 3.65. The van der Waals surface area contributed by atoms with Crippen LogP contribution in [0.5, 0.6) is 5.75 Å². The highest BCUT2D eigenvalue weighted by Crippen LogP contribution is 2.15. The highest BCUT2D eigenvalue weighted by Gasteiger charge is 2.10. The number of amides is 1. The first-order valence-corrected chi connectivity index (χ1v) is 5.51. The van der Waals surface area contributed by atoms with Crippen LogP contribution in [-0.4, -0.2) is 26.0 Å². The molecule has 1 aromatic carbocycles. The predicted octanol–water partition coefficient (Wildman–Crippen LogP) is 1.96. The van der Waals surface area contributed by atoms with Gasteiger partial charge in [-0.05, 0) is 12.1 Å². The Bertz CT molecular complexity index is 710. The fourth-order valence-corrected chi connectivity index (χ4v) is 1.58. The molecule has 0 aliphatic carbocycles. The minimum absolute atomic E-state index is 0.323. The summed E-state index contributed by atoms with van der Waals surface area (Å²) in [6.07, 6.45) is 2.18. The molecular formula is C12H9N5O2. The molecular weight excluding hydrogens is 246 g/mol. The van der Waals surface area contributed by atoms with Crippen LogP contribution in [0.2, 0.25) is 0 Å². The van der Waals surface area contributed by atoms with Crippen LogP contribution in [0.15, 0.2) is 43.0 Å². The number of H-pyrrole nitrogens is 1. The number of aromatic nitrogens is 4. The maximum Gasteiger partial charge on any atom is 0.418 e. The number of fused-ring (bicyclic) bond motifs is 1. The summed E-state index contributed by atoms with van der Waals surface area (Å²) in [7, 11) is 0. The molecule has 1 amide bonds. The molecule has 0 saturated heterocycles. The fraction of sp³-hybridized carbons (Fsp3) is 0. The van der Waals surface area contributed by atoms with E-state index in [0.717, 1.165) is 0 Å². The van der Waals surface area contributed by atoms with Crippen molar-refractivity contribution in [1.82, 2.24) is 19.9 Å². The van der Waals surface area contributed by atoms with E-state index in [1.54, 1.807) is 24.3 Å². The molecule has 94 valence electrons. The molecule has 19 heavy (non-hydrogen) atoms. The zero-order valence-electron chi connectivity index (χ0n) is 9.70. The van der Waals surface area contributed by atoms with Gasteiger partial charge in [0.25, 0.3) is 0 Å². The zero-order chi connectivity index (χ0) is 13.1. The van der Waals surface area contributed by atoms with Crippen LogP contribution >= 0.6 is 0 Å². The lowest BCUT2D eigenvalue weighted by Gasteiger charge is -2.05. The first kappa shape index (κ1) is 11.1. The van der Waals surface area contributed by atoms with Crippen molar-refractivity contribution in [3.05, 3.63) is 43.0 Å². The van der Waals surface area contributed by atoms with E-state index in [9.17, 15) is 4.79 Å². The van der Waals surface area contributed by atoms with Gasteiger partial charge in [-0.3, -0.25) is 5.32 Å². The molecule has 0 bridgehead atoms. The zero-order valence-corrected chi connectivity index (χ0v) is 9.70. The number of ether oxygens (including phenoxy) is 1. The minimum atomic E-state index is -0.624. The monoisotopic (exact) mass is 255 g/mol. The number of carbonyl (C=O) groups excluding carboxylic acids is 1.